The number of rotatable bonds is 6. The number of nitrogens with zero attached hydrogens (tertiary/aromatic N) is 2. The zero-order valence-corrected chi connectivity index (χ0v) is 16.5. The highest BCUT2D eigenvalue weighted by Gasteiger charge is 2.20. The molecule has 0 spiro atoms. The van der Waals surface area contributed by atoms with Crippen LogP contribution >= 0.6 is 22.7 Å². The number of nitrogens with one attached hydrogen (secondary N) is 2. The average molecular weight is 389 g/mol. The molecule has 1 unspecified atom stereocenters. The highest BCUT2D eigenvalue weighted by Crippen LogP contribution is 2.23. The average Bonchev–Trinajstić information content (AvgIpc) is 3.22. The number of carbonyl (C=O) groups is 1. The molecule has 0 radical (unpaired) electrons. The van der Waals surface area contributed by atoms with E-state index in [0.29, 0.717) is 23.5 Å². The first kappa shape index (κ1) is 18.5. The van der Waals surface area contributed by atoms with Crippen molar-refractivity contribution in [3.63, 3.8) is 0 Å². The van der Waals surface area contributed by atoms with Gasteiger partial charge in [-0.15, -0.1) is 11.3 Å². The van der Waals surface area contributed by atoms with E-state index in [9.17, 15) is 9.59 Å². The Morgan fingerprint density at radius 3 is 2.69 bits per heavy atom. The second-order valence-corrected chi connectivity index (χ2v) is 7.84. The summed E-state index contributed by atoms with van der Waals surface area (Å²) in [6, 6.07) is 1.83. The predicted molar refractivity (Wildman–Crippen MR) is 104 cm³/mol. The molecule has 3 rings (SSSR count). The van der Waals surface area contributed by atoms with E-state index in [1.165, 1.54) is 11.3 Å². The molecule has 0 fully saturated rings. The van der Waals surface area contributed by atoms with E-state index in [1.54, 1.807) is 25.2 Å². The molecule has 0 aliphatic carbocycles. The molecule has 0 aromatic carbocycles. The molecule has 0 saturated heterocycles. The quantitative estimate of drug-likeness (QED) is 0.680. The number of H-pyrrole nitrogens is 1. The van der Waals surface area contributed by atoms with Crippen LogP contribution in [0.15, 0.2) is 27.0 Å². The van der Waals surface area contributed by atoms with Crippen LogP contribution in [-0.4, -0.2) is 20.9 Å². The Morgan fingerprint density at radius 2 is 2.08 bits per heavy atom. The van der Waals surface area contributed by atoms with Crippen LogP contribution in [0.2, 0.25) is 0 Å². The van der Waals surface area contributed by atoms with Crippen LogP contribution in [0.25, 0.3) is 0 Å². The third kappa shape index (κ3) is 4.44. The first-order chi connectivity index (χ1) is 12.4. The molecule has 8 heteroatoms. The van der Waals surface area contributed by atoms with Crippen molar-refractivity contribution in [3.05, 3.63) is 65.9 Å². The number of carbonyl (C=O) groups excluding carboxylic acids is 1. The van der Waals surface area contributed by atoms with Crippen LogP contribution in [-0.2, 0) is 17.6 Å². The van der Waals surface area contributed by atoms with Crippen molar-refractivity contribution in [1.82, 2.24) is 20.3 Å². The van der Waals surface area contributed by atoms with Gasteiger partial charge in [-0.1, -0.05) is 0 Å². The maximum atomic E-state index is 12.6. The second kappa shape index (κ2) is 7.92. The number of amides is 1. The molecular weight excluding hydrogens is 368 g/mol. The zero-order chi connectivity index (χ0) is 18.7. The van der Waals surface area contributed by atoms with Crippen LogP contribution in [0.1, 0.15) is 39.4 Å². The molecule has 0 aliphatic rings. The molecule has 0 aliphatic heterocycles. The minimum Gasteiger partial charge on any atom is -0.346 e. The van der Waals surface area contributed by atoms with Gasteiger partial charge in [-0.3, -0.25) is 9.59 Å². The van der Waals surface area contributed by atoms with Crippen molar-refractivity contribution in [3.8, 4) is 0 Å². The van der Waals surface area contributed by atoms with Gasteiger partial charge in [0.1, 0.15) is 10.8 Å². The molecule has 6 nitrogen and oxygen atoms in total. The summed E-state index contributed by atoms with van der Waals surface area (Å²) in [5, 5.41) is 9.96. The third-order valence-electron chi connectivity index (χ3n) is 3.97. The molecule has 3 aromatic rings. The fourth-order valence-corrected chi connectivity index (χ4v) is 4.27. The van der Waals surface area contributed by atoms with E-state index >= 15 is 0 Å². The number of aromatic amines is 1. The maximum absolute atomic E-state index is 12.6. The first-order valence-electron chi connectivity index (χ1n) is 8.21. The van der Waals surface area contributed by atoms with Crippen molar-refractivity contribution in [2.24, 2.45) is 0 Å². The lowest BCUT2D eigenvalue weighted by Gasteiger charge is -2.16. The van der Waals surface area contributed by atoms with Gasteiger partial charge in [0, 0.05) is 28.8 Å². The van der Waals surface area contributed by atoms with Crippen LogP contribution < -0.4 is 10.9 Å². The Morgan fingerprint density at radius 1 is 1.27 bits per heavy atom. The van der Waals surface area contributed by atoms with Crippen LogP contribution in [0.4, 0.5) is 0 Å². The van der Waals surface area contributed by atoms with E-state index < -0.39 is 0 Å². The van der Waals surface area contributed by atoms with E-state index in [2.05, 4.69) is 25.6 Å². The molecule has 3 heterocycles. The Hall–Kier alpha value is -2.32. The summed E-state index contributed by atoms with van der Waals surface area (Å²) >= 11 is 3.16. The van der Waals surface area contributed by atoms with E-state index in [1.807, 2.05) is 23.8 Å². The second-order valence-electron chi connectivity index (χ2n) is 6.18. The monoisotopic (exact) mass is 388 g/mol. The molecule has 2 N–H and O–H groups in total. The molecular formula is C18H20N4O2S2. The summed E-state index contributed by atoms with van der Waals surface area (Å²) in [6.07, 6.45) is 0.669. The third-order valence-corrected chi connectivity index (χ3v) is 5.78. The largest absolute Gasteiger partial charge is 0.346 e. The summed E-state index contributed by atoms with van der Waals surface area (Å²) in [7, 11) is 0. The summed E-state index contributed by atoms with van der Waals surface area (Å²) in [5.41, 5.74) is 2.81. The highest BCUT2D eigenvalue weighted by molar-refractivity contribution is 7.09. The molecule has 3 aromatic heterocycles. The SMILES string of the molecule is Cc1csc(C(Cc2ccsc2)NC(=O)Cc2c(C)nc(C)[nH]c2=O)n1. The lowest BCUT2D eigenvalue weighted by molar-refractivity contribution is -0.121. The van der Waals surface area contributed by atoms with E-state index in [-0.39, 0.29) is 23.9 Å². The van der Waals surface area contributed by atoms with E-state index in [0.717, 1.165) is 16.3 Å². The van der Waals surface area contributed by atoms with Gasteiger partial charge < -0.3 is 10.3 Å². The Bertz CT molecular complexity index is 960. The Kier molecular flexibility index (Phi) is 5.63. The van der Waals surface area contributed by atoms with Crippen molar-refractivity contribution >= 4 is 28.6 Å². The molecule has 0 bridgehead atoms. The fraction of sp³-hybridized carbons (Fsp3) is 0.333. The molecule has 136 valence electrons. The maximum Gasteiger partial charge on any atom is 0.254 e. The highest BCUT2D eigenvalue weighted by atomic mass is 32.1. The first-order valence-corrected chi connectivity index (χ1v) is 10.0. The Labute approximate surface area is 159 Å². The molecule has 26 heavy (non-hydrogen) atoms. The van der Waals surface area contributed by atoms with E-state index in [4.69, 9.17) is 0 Å². The van der Waals surface area contributed by atoms with Gasteiger partial charge in [-0.05, 0) is 43.2 Å². The van der Waals surface area contributed by atoms with Crippen molar-refractivity contribution in [2.45, 2.75) is 39.7 Å². The van der Waals surface area contributed by atoms with Crippen LogP contribution in [0.5, 0.6) is 0 Å². The lowest BCUT2D eigenvalue weighted by atomic mass is 10.1. The number of hydrogen-bond donors (Lipinski definition) is 2. The lowest BCUT2D eigenvalue weighted by Crippen LogP contribution is -2.33. The normalized spacial score (nSPS) is 12.1. The topological polar surface area (TPSA) is 87.7 Å². The zero-order valence-electron chi connectivity index (χ0n) is 14.8. The standard InChI is InChI=1S/C18H20N4O2S2/c1-10-8-26-18(19-10)15(6-13-4-5-25-9-13)22-16(23)7-14-11(2)20-12(3)21-17(14)24/h4-5,8-9,15H,6-7H2,1-3H3,(H,22,23)(H,20,21,24). The smallest absolute Gasteiger partial charge is 0.254 e. The predicted octanol–water partition coefficient (Wildman–Crippen LogP) is 2.86. The van der Waals surface area contributed by atoms with Crippen molar-refractivity contribution < 1.29 is 4.79 Å². The summed E-state index contributed by atoms with van der Waals surface area (Å²) in [4.78, 5) is 36.2. The molecule has 1 atom stereocenters. The van der Waals surface area contributed by atoms with Crippen LogP contribution in [0.3, 0.4) is 0 Å². The number of aromatic nitrogens is 3. The minimum absolute atomic E-state index is 0.00105. The van der Waals surface area contributed by atoms with Crippen molar-refractivity contribution in [2.75, 3.05) is 0 Å². The minimum atomic E-state index is -0.260. The summed E-state index contributed by atoms with van der Waals surface area (Å²) < 4.78 is 0. The van der Waals surface area contributed by atoms with Gasteiger partial charge >= 0.3 is 0 Å². The van der Waals surface area contributed by atoms with Gasteiger partial charge in [0.05, 0.1) is 12.5 Å². The van der Waals surface area contributed by atoms with Gasteiger partial charge in [0.25, 0.3) is 5.56 Å². The summed E-state index contributed by atoms with van der Waals surface area (Å²) in [6.45, 7) is 5.40. The van der Waals surface area contributed by atoms with Crippen LogP contribution in [0, 0.1) is 20.8 Å². The fourth-order valence-electron chi connectivity index (χ4n) is 2.74. The molecule has 0 saturated carbocycles. The number of thiazole rings is 1. The number of thiophene rings is 1. The number of hydrogen-bond acceptors (Lipinski definition) is 6. The van der Waals surface area contributed by atoms with Gasteiger partial charge in [-0.25, -0.2) is 9.97 Å². The number of aryl methyl sites for hydroxylation is 3. The summed E-state index contributed by atoms with van der Waals surface area (Å²) in [5.74, 6) is 0.336. The van der Waals surface area contributed by atoms with Crippen molar-refractivity contribution in [1.29, 1.82) is 0 Å². The molecule has 1 amide bonds. The van der Waals surface area contributed by atoms with Gasteiger partial charge in [-0.2, -0.15) is 11.3 Å². The Balaban J connectivity index is 1.78. The van der Waals surface area contributed by atoms with Gasteiger partial charge in [0.15, 0.2) is 0 Å². The van der Waals surface area contributed by atoms with Gasteiger partial charge in [0.2, 0.25) is 5.91 Å².